The number of benzene rings is 1. The van der Waals surface area contributed by atoms with Crippen LogP contribution in [0.15, 0.2) is 42.6 Å². The lowest BCUT2D eigenvalue weighted by molar-refractivity contribution is 0.0581. The highest BCUT2D eigenvalue weighted by molar-refractivity contribution is 5.92. The minimum absolute atomic E-state index is 0.296. The Morgan fingerprint density at radius 1 is 1.20 bits per heavy atom. The molecule has 6 nitrogen and oxygen atoms in total. The number of hydrogen-bond acceptors (Lipinski definition) is 4. The molecular weight excluding hydrogens is 318 g/mol. The largest absolute Gasteiger partial charge is 0.464 e. The summed E-state index contributed by atoms with van der Waals surface area (Å²) < 4.78 is 6.87. The maximum atomic E-state index is 11.8. The van der Waals surface area contributed by atoms with Crippen LogP contribution < -0.4 is 5.73 Å². The maximum Gasteiger partial charge on any atom is 0.354 e. The summed E-state index contributed by atoms with van der Waals surface area (Å²) in [5.41, 5.74) is 7.58. The standard InChI is InChI=1S/C19H23N3O3/c1-25-19(24)17-6-3-9-22(17)16-7-10-21(11-8-16)13-14-4-2-5-15(12-14)18(20)23/h2-6,9,12,16H,7-8,10-11,13H2,1H3,(H2,20,23). The first-order valence-electron chi connectivity index (χ1n) is 8.44. The average Bonchev–Trinajstić information content (AvgIpc) is 3.11. The molecule has 1 saturated heterocycles. The van der Waals surface area contributed by atoms with E-state index in [0.29, 0.717) is 17.3 Å². The van der Waals surface area contributed by atoms with Gasteiger partial charge in [0.25, 0.3) is 0 Å². The SMILES string of the molecule is COC(=O)c1cccn1C1CCN(Cc2cccc(C(N)=O)c2)CC1. The van der Waals surface area contributed by atoms with E-state index in [1.807, 2.05) is 35.0 Å². The van der Waals surface area contributed by atoms with Crippen molar-refractivity contribution in [1.29, 1.82) is 0 Å². The fourth-order valence-corrected chi connectivity index (χ4v) is 3.43. The average molecular weight is 341 g/mol. The number of nitrogens with zero attached hydrogens (tertiary/aromatic N) is 2. The van der Waals surface area contributed by atoms with Gasteiger partial charge in [-0.15, -0.1) is 0 Å². The summed E-state index contributed by atoms with van der Waals surface area (Å²) in [6, 6.07) is 11.5. The third-order valence-electron chi connectivity index (χ3n) is 4.74. The molecule has 2 N–H and O–H groups in total. The van der Waals surface area contributed by atoms with Crippen LogP contribution >= 0.6 is 0 Å². The molecule has 0 saturated carbocycles. The summed E-state index contributed by atoms with van der Waals surface area (Å²) in [5.74, 6) is -0.695. The molecule has 0 atom stereocenters. The first kappa shape index (κ1) is 17.2. The second kappa shape index (κ2) is 7.53. The minimum Gasteiger partial charge on any atom is -0.464 e. The number of primary amides is 1. The van der Waals surface area contributed by atoms with Gasteiger partial charge in [-0.1, -0.05) is 12.1 Å². The number of nitrogens with two attached hydrogens (primary N) is 1. The number of amides is 1. The Labute approximate surface area is 147 Å². The van der Waals surface area contributed by atoms with E-state index in [-0.39, 0.29) is 5.97 Å². The summed E-state index contributed by atoms with van der Waals surface area (Å²) in [6.07, 6.45) is 3.88. The molecule has 0 bridgehead atoms. The van der Waals surface area contributed by atoms with Crippen molar-refractivity contribution < 1.29 is 14.3 Å². The van der Waals surface area contributed by atoms with Crippen molar-refractivity contribution in [3.05, 3.63) is 59.4 Å². The van der Waals surface area contributed by atoms with E-state index in [2.05, 4.69) is 4.90 Å². The van der Waals surface area contributed by atoms with Crippen LogP contribution in [-0.4, -0.2) is 41.5 Å². The molecule has 25 heavy (non-hydrogen) atoms. The molecule has 2 aromatic rings. The first-order chi connectivity index (χ1) is 12.1. The van der Waals surface area contributed by atoms with E-state index >= 15 is 0 Å². The van der Waals surface area contributed by atoms with Gasteiger partial charge in [0.15, 0.2) is 0 Å². The van der Waals surface area contributed by atoms with Crippen LogP contribution in [0.4, 0.5) is 0 Å². The zero-order valence-electron chi connectivity index (χ0n) is 14.4. The molecule has 3 rings (SSSR count). The topological polar surface area (TPSA) is 77.6 Å². The van der Waals surface area contributed by atoms with Crippen molar-refractivity contribution in [2.75, 3.05) is 20.2 Å². The second-order valence-electron chi connectivity index (χ2n) is 6.36. The number of carbonyl (C=O) groups excluding carboxylic acids is 2. The molecule has 1 fully saturated rings. The summed E-state index contributed by atoms with van der Waals surface area (Å²) >= 11 is 0. The van der Waals surface area contributed by atoms with E-state index in [1.165, 1.54) is 7.11 Å². The second-order valence-corrected chi connectivity index (χ2v) is 6.36. The lowest BCUT2D eigenvalue weighted by Crippen LogP contribution is -2.34. The van der Waals surface area contributed by atoms with Gasteiger partial charge in [0.1, 0.15) is 5.69 Å². The third-order valence-corrected chi connectivity index (χ3v) is 4.74. The third kappa shape index (κ3) is 3.91. The smallest absolute Gasteiger partial charge is 0.354 e. The Kier molecular flexibility index (Phi) is 5.19. The Balaban J connectivity index is 1.61. The van der Waals surface area contributed by atoms with Crippen molar-refractivity contribution in [2.45, 2.75) is 25.4 Å². The first-order valence-corrected chi connectivity index (χ1v) is 8.44. The highest BCUT2D eigenvalue weighted by Gasteiger charge is 2.23. The predicted octanol–water partition coefficient (Wildman–Crippen LogP) is 2.21. The van der Waals surface area contributed by atoms with Crippen LogP contribution in [0.25, 0.3) is 0 Å². The predicted molar refractivity (Wildman–Crippen MR) is 94.3 cm³/mol. The van der Waals surface area contributed by atoms with Crippen LogP contribution in [0.3, 0.4) is 0 Å². The molecule has 6 heteroatoms. The lowest BCUT2D eigenvalue weighted by atomic mass is 10.0. The van der Waals surface area contributed by atoms with Gasteiger partial charge < -0.3 is 15.0 Å². The minimum atomic E-state index is -0.400. The zero-order valence-corrected chi connectivity index (χ0v) is 14.4. The van der Waals surface area contributed by atoms with Crippen molar-refractivity contribution in [1.82, 2.24) is 9.47 Å². The Morgan fingerprint density at radius 3 is 2.64 bits per heavy atom. The number of rotatable bonds is 5. The quantitative estimate of drug-likeness (QED) is 0.846. The monoisotopic (exact) mass is 341 g/mol. The highest BCUT2D eigenvalue weighted by Crippen LogP contribution is 2.26. The van der Waals surface area contributed by atoms with Gasteiger partial charge in [-0.25, -0.2) is 4.79 Å². The van der Waals surface area contributed by atoms with E-state index < -0.39 is 5.91 Å². The van der Waals surface area contributed by atoms with E-state index in [9.17, 15) is 9.59 Å². The molecule has 1 aromatic heterocycles. The number of hydrogen-bond donors (Lipinski definition) is 1. The number of esters is 1. The van der Waals surface area contributed by atoms with Crippen LogP contribution in [0, 0.1) is 0 Å². The van der Waals surface area contributed by atoms with Crippen molar-refractivity contribution in [3.8, 4) is 0 Å². The molecule has 1 aromatic carbocycles. The number of piperidine rings is 1. The number of carbonyl (C=O) groups is 2. The number of methoxy groups -OCH3 is 1. The van der Waals surface area contributed by atoms with Crippen LogP contribution in [0.5, 0.6) is 0 Å². The van der Waals surface area contributed by atoms with Gasteiger partial charge in [0.05, 0.1) is 7.11 Å². The summed E-state index contributed by atoms with van der Waals surface area (Å²) in [5, 5.41) is 0. The number of likely N-dealkylation sites (tertiary alicyclic amines) is 1. The molecule has 0 unspecified atom stereocenters. The van der Waals surface area contributed by atoms with Crippen molar-refractivity contribution >= 4 is 11.9 Å². The molecule has 132 valence electrons. The van der Waals surface area contributed by atoms with Crippen LogP contribution in [0.2, 0.25) is 0 Å². The highest BCUT2D eigenvalue weighted by atomic mass is 16.5. The molecule has 1 amide bonds. The van der Waals surface area contributed by atoms with E-state index in [4.69, 9.17) is 10.5 Å². The Hall–Kier alpha value is -2.60. The fourth-order valence-electron chi connectivity index (χ4n) is 3.43. The molecular formula is C19H23N3O3. The van der Waals surface area contributed by atoms with Gasteiger partial charge in [-0.3, -0.25) is 9.69 Å². The van der Waals surface area contributed by atoms with Gasteiger partial charge in [0, 0.05) is 37.4 Å². The maximum absolute atomic E-state index is 11.8. The molecule has 1 aliphatic rings. The number of ether oxygens (including phenoxy) is 1. The Morgan fingerprint density at radius 2 is 1.96 bits per heavy atom. The van der Waals surface area contributed by atoms with Crippen molar-refractivity contribution in [3.63, 3.8) is 0 Å². The molecule has 1 aliphatic heterocycles. The van der Waals surface area contributed by atoms with Crippen molar-refractivity contribution in [2.24, 2.45) is 5.73 Å². The van der Waals surface area contributed by atoms with Crippen LogP contribution in [-0.2, 0) is 11.3 Å². The van der Waals surface area contributed by atoms with Gasteiger partial charge in [-0.05, 0) is 42.7 Å². The van der Waals surface area contributed by atoms with Gasteiger partial charge in [0.2, 0.25) is 5.91 Å². The zero-order chi connectivity index (χ0) is 17.8. The molecule has 0 radical (unpaired) electrons. The summed E-state index contributed by atoms with van der Waals surface area (Å²) in [7, 11) is 1.41. The molecule has 0 spiro atoms. The fraction of sp³-hybridized carbons (Fsp3) is 0.368. The Bertz CT molecular complexity index is 761. The van der Waals surface area contributed by atoms with E-state index in [1.54, 1.807) is 12.1 Å². The number of aromatic nitrogens is 1. The van der Waals surface area contributed by atoms with Crippen LogP contribution in [0.1, 0.15) is 45.3 Å². The molecule has 0 aliphatic carbocycles. The normalized spacial score (nSPS) is 15.9. The van der Waals surface area contributed by atoms with Gasteiger partial charge in [-0.2, -0.15) is 0 Å². The molecule has 2 heterocycles. The lowest BCUT2D eigenvalue weighted by Gasteiger charge is -2.33. The summed E-state index contributed by atoms with van der Waals surface area (Å²) in [6.45, 7) is 2.66. The van der Waals surface area contributed by atoms with Gasteiger partial charge >= 0.3 is 5.97 Å². The summed E-state index contributed by atoms with van der Waals surface area (Å²) in [4.78, 5) is 25.5. The van der Waals surface area contributed by atoms with E-state index in [0.717, 1.165) is 38.0 Å².